The lowest BCUT2D eigenvalue weighted by atomic mass is 10.0. The van der Waals surface area contributed by atoms with E-state index in [1.165, 1.54) is 5.69 Å². The Morgan fingerprint density at radius 1 is 1.06 bits per heavy atom. The number of ether oxygens (including phenoxy) is 1. The number of benzene rings is 1. The molecule has 3 aromatic rings. The van der Waals surface area contributed by atoms with Gasteiger partial charge in [0.15, 0.2) is 0 Å². The normalized spacial score (nSPS) is 16.6. The zero-order valence-corrected chi connectivity index (χ0v) is 21.2. The average Bonchev–Trinajstić information content (AvgIpc) is 3.09. The molecule has 184 valence electrons. The molecule has 35 heavy (non-hydrogen) atoms. The number of aromatic nitrogens is 2. The zero-order valence-electron chi connectivity index (χ0n) is 21.2. The van der Waals surface area contributed by atoms with E-state index in [1.54, 1.807) is 4.90 Å². The van der Waals surface area contributed by atoms with E-state index in [1.807, 2.05) is 61.9 Å². The van der Waals surface area contributed by atoms with Crippen LogP contribution in [0.3, 0.4) is 0 Å². The number of aryl methyl sites for hydroxylation is 2. The van der Waals surface area contributed by atoms with E-state index in [0.717, 1.165) is 46.5 Å². The number of hydrogen-bond donors (Lipinski definition) is 0. The molecule has 2 aliphatic heterocycles. The van der Waals surface area contributed by atoms with E-state index in [2.05, 4.69) is 28.7 Å². The average molecular weight is 476 g/mol. The lowest BCUT2D eigenvalue weighted by Crippen LogP contribution is -2.50. The van der Waals surface area contributed by atoms with Crippen molar-refractivity contribution >= 4 is 34.4 Å². The van der Waals surface area contributed by atoms with Gasteiger partial charge in [-0.25, -0.2) is 9.78 Å². The van der Waals surface area contributed by atoms with Crippen molar-refractivity contribution in [1.82, 2.24) is 14.5 Å². The summed E-state index contributed by atoms with van der Waals surface area (Å²) in [7, 11) is 2.07. The molecular formula is C27H33N5O3. The molecule has 5 rings (SSSR count). The van der Waals surface area contributed by atoms with Crippen LogP contribution in [0.2, 0.25) is 0 Å². The summed E-state index contributed by atoms with van der Waals surface area (Å²) < 4.78 is 7.80. The first-order valence-corrected chi connectivity index (χ1v) is 12.2. The highest BCUT2D eigenvalue weighted by Gasteiger charge is 2.30. The number of piperazine rings is 1. The van der Waals surface area contributed by atoms with Crippen LogP contribution >= 0.6 is 0 Å². The van der Waals surface area contributed by atoms with Crippen molar-refractivity contribution in [2.45, 2.75) is 46.3 Å². The maximum absolute atomic E-state index is 13.1. The maximum atomic E-state index is 13.1. The molecule has 0 saturated carbocycles. The SMILES string of the molecule is Cc1ccc(N2CCN(c3ccc4c5c(n(C)c4c3)CCN(C(=O)OC(C)(C)C)C5)C(=O)C2)nc1. The highest BCUT2D eigenvalue weighted by atomic mass is 16.6. The minimum absolute atomic E-state index is 0.0630. The van der Waals surface area contributed by atoms with Crippen LogP contribution in [0.15, 0.2) is 36.5 Å². The third-order valence-corrected chi connectivity index (χ3v) is 6.79. The van der Waals surface area contributed by atoms with Gasteiger partial charge in [-0.1, -0.05) is 12.1 Å². The topological polar surface area (TPSA) is 70.9 Å². The van der Waals surface area contributed by atoms with Crippen molar-refractivity contribution in [1.29, 1.82) is 0 Å². The Kier molecular flexibility index (Phi) is 5.69. The van der Waals surface area contributed by atoms with Crippen molar-refractivity contribution < 1.29 is 14.3 Å². The van der Waals surface area contributed by atoms with E-state index in [0.29, 0.717) is 26.2 Å². The molecule has 0 radical (unpaired) electrons. The van der Waals surface area contributed by atoms with Gasteiger partial charge in [0.1, 0.15) is 11.4 Å². The summed E-state index contributed by atoms with van der Waals surface area (Å²) in [5, 5.41) is 1.12. The van der Waals surface area contributed by atoms with Crippen LogP contribution in [-0.2, 0) is 29.5 Å². The van der Waals surface area contributed by atoms with Crippen molar-refractivity contribution in [2.24, 2.45) is 7.05 Å². The number of carbonyl (C=O) groups is 2. The van der Waals surface area contributed by atoms with E-state index in [9.17, 15) is 9.59 Å². The second-order valence-electron chi connectivity index (χ2n) is 10.5. The van der Waals surface area contributed by atoms with Crippen molar-refractivity contribution in [3.63, 3.8) is 0 Å². The largest absolute Gasteiger partial charge is 0.444 e. The second kappa shape index (κ2) is 8.59. The molecule has 8 nitrogen and oxygen atoms in total. The summed E-state index contributed by atoms with van der Waals surface area (Å²) >= 11 is 0. The third-order valence-electron chi connectivity index (χ3n) is 6.79. The maximum Gasteiger partial charge on any atom is 0.410 e. The van der Waals surface area contributed by atoms with Crippen LogP contribution in [0.25, 0.3) is 10.9 Å². The van der Waals surface area contributed by atoms with Gasteiger partial charge in [0.25, 0.3) is 0 Å². The van der Waals surface area contributed by atoms with Crippen LogP contribution in [0.4, 0.5) is 16.3 Å². The molecule has 1 saturated heterocycles. The van der Waals surface area contributed by atoms with Crippen molar-refractivity contribution in [3.8, 4) is 0 Å². The summed E-state index contributed by atoms with van der Waals surface area (Å²) in [6.45, 7) is 10.5. The number of nitrogens with zero attached hydrogens (tertiary/aromatic N) is 5. The molecule has 2 aliphatic rings. The molecule has 0 bridgehead atoms. The summed E-state index contributed by atoms with van der Waals surface area (Å²) in [5.41, 5.74) is 4.96. The lowest BCUT2D eigenvalue weighted by molar-refractivity contribution is -0.117. The number of amides is 2. The van der Waals surface area contributed by atoms with Crippen molar-refractivity contribution in [2.75, 3.05) is 36.0 Å². The Labute approximate surface area is 206 Å². The Hall–Kier alpha value is -3.55. The molecule has 0 aliphatic carbocycles. The fourth-order valence-electron chi connectivity index (χ4n) is 5.00. The number of hydrogen-bond acceptors (Lipinski definition) is 5. The van der Waals surface area contributed by atoms with Gasteiger partial charge >= 0.3 is 6.09 Å². The van der Waals surface area contributed by atoms with Crippen LogP contribution in [0.1, 0.15) is 37.6 Å². The predicted molar refractivity (Wildman–Crippen MR) is 137 cm³/mol. The van der Waals surface area contributed by atoms with Gasteiger partial charge in [-0.05, 0) is 51.5 Å². The molecule has 0 spiro atoms. The smallest absolute Gasteiger partial charge is 0.410 e. The summed E-state index contributed by atoms with van der Waals surface area (Å²) in [4.78, 5) is 35.9. The predicted octanol–water partition coefficient (Wildman–Crippen LogP) is 4.03. The monoisotopic (exact) mass is 475 g/mol. The summed E-state index contributed by atoms with van der Waals surface area (Å²) in [5.74, 6) is 0.900. The van der Waals surface area contributed by atoms with E-state index >= 15 is 0 Å². The number of carbonyl (C=O) groups excluding carboxylic acids is 2. The van der Waals surface area contributed by atoms with E-state index in [-0.39, 0.29) is 12.0 Å². The first kappa shape index (κ1) is 23.2. The zero-order chi connectivity index (χ0) is 24.9. The number of pyridine rings is 1. The lowest BCUT2D eigenvalue weighted by Gasteiger charge is -2.35. The fourth-order valence-corrected chi connectivity index (χ4v) is 5.00. The summed E-state index contributed by atoms with van der Waals surface area (Å²) in [6.07, 6.45) is 2.33. The standard InChI is InChI=1S/C27H33N5O3/c1-18-6-9-24(28-15-18)30-12-13-32(25(33)17-30)19-7-8-20-21-16-31(26(34)35-27(2,3)4)11-10-22(21)29(5)23(20)14-19/h6-9,14-15H,10-13,16-17H2,1-5H3. The van der Waals surface area contributed by atoms with Crippen LogP contribution in [-0.4, -0.2) is 58.2 Å². The van der Waals surface area contributed by atoms with Gasteiger partial charge in [-0.3, -0.25) is 4.79 Å². The van der Waals surface area contributed by atoms with Gasteiger partial charge in [-0.2, -0.15) is 0 Å². The first-order chi connectivity index (χ1) is 16.6. The van der Waals surface area contributed by atoms with Crippen molar-refractivity contribution in [3.05, 3.63) is 53.3 Å². The fraction of sp³-hybridized carbons (Fsp3) is 0.444. The van der Waals surface area contributed by atoms with Gasteiger partial charge in [0, 0.05) is 61.6 Å². The molecule has 0 N–H and O–H groups in total. The molecule has 0 atom stereocenters. The molecule has 2 amide bonds. The van der Waals surface area contributed by atoms with Crippen LogP contribution in [0, 0.1) is 6.92 Å². The number of anilines is 2. The molecule has 4 heterocycles. The molecule has 1 fully saturated rings. The van der Waals surface area contributed by atoms with E-state index in [4.69, 9.17) is 4.74 Å². The summed E-state index contributed by atoms with van der Waals surface area (Å²) in [6, 6.07) is 10.2. The minimum Gasteiger partial charge on any atom is -0.444 e. The number of fused-ring (bicyclic) bond motifs is 3. The highest BCUT2D eigenvalue weighted by Crippen LogP contribution is 2.33. The Balaban J connectivity index is 1.37. The van der Waals surface area contributed by atoms with Gasteiger partial charge in [0.05, 0.1) is 18.6 Å². The Morgan fingerprint density at radius 2 is 1.86 bits per heavy atom. The van der Waals surface area contributed by atoms with Gasteiger partial charge in [0.2, 0.25) is 5.91 Å². The highest BCUT2D eigenvalue weighted by molar-refractivity contribution is 6.00. The van der Waals surface area contributed by atoms with Gasteiger partial charge < -0.3 is 24.0 Å². The molecule has 1 aromatic carbocycles. The molecule has 8 heteroatoms. The van der Waals surface area contributed by atoms with Gasteiger partial charge in [-0.15, -0.1) is 0 Å². The molecule has 2 aromatic heterocycles. The Bertz CT molecular complexity index is 1290. The third kappa shape index (κ3) is 4.45. The van der Waals surface area contributed by atoms with Crippen LogP contribution in [0.5, 0.6) is 0 Å². The first-order valence-electron chi connectivity index (χ1n) is 12.2. The molecular weight excluding hydrogens is 442 g/mol. The second-order valence-corrected chi connectivity index (χ2v) is 10.5. The van der Waals surface area contributed by atoms with E-state index < -0.39 is 5.60 Å². The minimum atomic E-state index is -0.517. The molecule has 0 unspecified atom stereocenters. The number of rotatable bonds is 2. The quantitative estimate of drug-likeness (QED) is 0.560. The Morgan fingerprint density at radius 3 is 2.54 bits per heavy atom. The van der Waals surface area contributed by atoms with Crippen LogP contribution < -0.4 is 9.80 Å².